The highest BCUT2D eigenvalue weighted by Crippen LogP contribution is 2.26. The third-order valence-electron chi connectivity index (χ3n) is 3.78. The van der Waals surface area contributed by atoms with E-state index in [1.54, 1.807) is 24.3 Å². The average Bonchev–Trinajstić information content (AvgIpc) is 2.71. The van der Waals surface area contributed by atoms with Gasteiger partial charge in [-0.15, -0.1) is 0 Å². The van der Waals surface area contributed by atoms with Gasteiger partial charge in [-0.2, -0.15) is 0 Å². The van der Waals surface area contributed by atoms with Crippen molar-refractivity contribution in [3.8, 4) is 11.5 Å². The van der Waals surface area contributed by atoms with Crippen LogP contribution in [0.15, 0.2) is 53.4 Å². The second-order valence-electron chi connectivity index (χ2n) is 5.79. The summed E-state index contributed by atoms with van der Waals surface area (Å²) in [5.74, 6) is 0.456. The first-order valence-corrected chi connectivity index (χ1v) is 10.2. The fourth-order valence-electron chi connectivity index (χ4n) is 2.37. The SMILES string of the molecule is CCCOc1ccccc1NC(=O)/C=C/c1ccc(OC)c(S(=O)(=O)NC)c1. The topological polar surface area (TPSA) is 93.7 Å². The summed E-state index contributed by atoms with van der Waals surface area (Å²) in [5.41, 5.74) is 1.11. The molecule has 0 atom stereocenters. The lowest BCUT2D eigenvalue weighted by molar-refractivity contribution is -0.111. The van der Waals surface area contributed by atoms with Crippen molar-refractivity contribution in [2.24, 2.45) is 0 Å². The molecule has 0 aliphatic rings. The van der Waals surface area contributed by atoms with Crippen LogP contribution in [0.1, 0.15) is 18.9 Å². The maximum atomic E-state index is 12.3. The summed E-state index contributed by atoms with van der Waals surface area (Å²) in [6.45, 7) is 2.55. The number of rotatable bonds is 9. The van der Waals surface area contributed by atoms with E-state index < -0.39 is 10.0 Å². The summed E-state index contributed by atoms with van der Waals surface area (Å²) >= 11 is 0. The normalized spacial score (nSPS) is 11.4. The molecule has 2 aromatic carbocycles. The average molecular weight is 404 g/mol. The Bertz CT molecular complexity index is 955. The standard InChI is InChI=1S/C20H24N2O5S/c1-4-13-27-17-8-6-5-7-16(17)22-20(23)12-10-15-9-11-18(26-3)19(14-15)28(24,25)21-2/h5-12,14,21H,4,13H2,1-3H3,(H,22,23)/b12-10+. The Kier molecular flexibility index (Phi) is 7.60. The van der Waals surface area contributed by atoms with Crippen LogP contribution >= 0.6 is 0 Å². The summed E-state index contributed by atoms with van der Waals surface area (Å²) in [7, 11) is -0.975. The molecule has 2 N–H and O–H groups in total. The molecule has 2 aromatic rings. The Morgan fingerprint density at radius 2 is 1.89 bits per heavy atom. The molecule has 0 unspecified atom stereocenters. The quantitative estimate of drug-likeness (QED) is 0.627. The lowest BCUT2D eigenvalue weighted by atomic mass is 10.2. The summed E-state index contributed by atoms with van der Waals surface area (Å²) < 4.78 is 37.2. The highest BCUT2D eigenvalue weighted by atomic mass is 32.2. The predicted molar refractivity (Wildman–Crippen MR) is 109 cm³/mol. The van der Waals surface area contributed by atoms with Crippen molar-refractivity contribution in [2.75, 3.05) is 26.1 Å². The van der Waals surface area contributed by atoms with Crippen molar-refractivity contribution in [1.82, 2.24) is 4.72 Å². The molecule has 1 amide bonds. The second kappa shape index (κ2) is 9.91. The molecule has 0 saturated heterocycles. The van der Waals surface area contributed by atoms with Crippen molar-refractivity contribution in [1.29, 1.82) is 0 Å². The van der Waals surface area contributed by atoms with Gasteiger partial charge in [0.15, 0.2) is 0 Å². The number of benzene rings is 2. The van der Waals surface area contributed by atoms with Crippen LogP contribution in [0.5, 0.6) is 11.5 Å². The number of amides is 1. The summed E-state index contributed by atoms with van der Waals surface area (Å²) in [6, 6.07) is 11.8. The summed E-state index contributed by atoms with van der Waals surface area (Å²) in [5, 5.41) is 2.76. The highest BCUT2D eigenvalue weighted by molar-refractivity contribution is 7.89. The first-order chi connectivity index (χ1) is 13.4. The Hall–Kier alpha value is -2.84. The number of hydrogen-bond acceptors (Lipinski definition) is 5. The summed E-state index contributed by atoms with van der Waals surface area (Å²) in [4.78, 5) is 12.3. The molecule has 7 nitrogen and oxygen atoms in total. The molecule has 0 bridgehead atoms. The molecule has 0 aromatic heterocycles. The first kappa shape index (κ1) is 21.5. The van der Waals surface area contributed by atoms with Gasteiger partial charge in [0, 0.05) is 6.08 Å². The van der Waals surface area contributed by atoms with E-state index in [9.17, 15) is 13.2 Å². The van der Waals surface area contributed by atoms with Gasteiger partial charge >= 0.3 is 0 Å². The fourth-order valence-corrected chi connectivity index (χ4v) is 3.30. The van der Waals surface area contributed by atoms with Crippen molar-refractivity contribution < 1.29 is 22.7 Å². The molecule has 0 aliphatic heterocycles. The monoisotopic (exact) mass is 404 g/mol. The minimum Gasteiger partial charge on any atom is -0.495 e. The largest absolute Gasteiger partial charge is 0.495 e. The molecule has 0 aliphatic carbocycles. The molecule has 0 saturated carbocycles. The van der Waals surface area contributed by atoms with E-state index in [-0.39, 0.29) is 16.6 Å². The van der Waals surface area contributed by atoms with Crippen LogP contribution in [0.2, 0.25) is 0 Å². The molecular formula is C20H24N2O5S. The number of nitrogens with one attached hydrogen (secondary N) is 2. The lowest BCUT2D eigenvalue weighted by Gasteiger charge is -2.11. The number of carbonyl (C=O) groups excluding carboxylic acids is 1. The van der Waals surface area contributed by atoms with Gasteiger partial charge in [0.2, 0.25) is 15.9 Å². The number of ether oxygens (including phenoxy) is 2. The van der Waals surface area contributed by atoms with Crippen molar-refractivity contribution in [3.63, 3.8) is 0 Å². The number of methoxy groups -OCH3 is 1. The van der Waals surface area contributed by atoms with Crippen LogP contribution < -0.4 is 19.5 Å². The minimum absolute atomic E-state index is 0.00151. The zero-order valence-corrected chi connectivity index (χ0v) is 16.9. The second-order valence-corrected chi connectivity index (χ2v) is 7.64. The van der Waals surface area contributed by atoms with E-state index in [0.717, 1.165) is 6.42 Å². The number of carbonyl (C=O) groups is 1. The van der Waals surface area contributed by atoms with Gasteiger partial charge in [0.1, 0.15) is 16.4 Å². The van der Waals surface area contributed by atoms with Gasteiger partial charge in [-0.1, -0.05) is 25.1 Å². The van der Waals surface area contributed by atoms with Crippen molar-refractivity contribution >= 4 is 27.7 Å². The van der Waals surface area contributed by atoms with Crippen LogP contribution in [0, 0.1) is 0 Å². The lowest BCUT2D eigenvalue weighted by Crippen LogP contribution is -2.19. The Labute approximate surface area is 165 Å². The van der Waals surface area contributed by atoms with Gasteiger partial charge in [0.05, 0.1) is 19.4 Å². The number of anilines is 1. The third-order valence-corrected chi connectivity index (χ3v) is 5.22. The molecule has 0 radical (unpaired) electrons. The number of para-hydroxylation sites is 2. The summed E-state index contributed by atoms with van der Waals surface area (Å²) in [6.07, 6.45) is 3.71. The van der Waals surface area contributed by atoms with Crippen LogP contribution in [0.3, 0.4) is 0 Å². The molecule has 150 valence electrons. The van der Waals surface area contributed by atoms with Gasteiger partial charge < -0.3 is 14.8 Å². The van der Waals surface area contributed by atoms with Gasteiger partial charge in [0.25, 0.3) is 0 Å². The van der Waals surface area contributed by atoms with Gasteiger partial charge in [-0.05, 0) is 49.4 Å². The zero-order chi connectivity index (χ0) is 20.6. The molecule has 28 heavy (non-hydrogen) atoms. The molecule has 8 heteroatoms. The molecular weight excluding hydrogens is 380 g/mol. The van der Waals surface area contributed by atoms with Crippen molar-refractivity contribution in [2.45, 2.75) is 18.2 Å². The maximum absolute atomic E-state index is 12.3. The van der Waals surface area contributed by atoms with Crippen molar-refractivity contribution in [3.05, 3.63) is 54.1 Å². The van der Waals surface area contributed by atoms with E-state index in [0.29, 0.717) is 23.6 Å². The Morgan fingerprint density at radius 1 is 1.14 bits per heavy atom. The van der Waals surface area contributed by atoms with E-state index >= 15 is 0 Å². The third kappa shape index (κ3) is 5.58. The highest BCUT2D eigenvalue weighted by Gasteiger charge is 2.17. The van der Waals surface area contributed by atoms with Crippen LogP contribution in [0.4, 0.5) is 5.69 Å². The van der Waals surface area contributed by atoms with Crippen LogP contribution in [-0.4, -0.2) is 35.1 Å². The van der Waals surface area contributed by atoms with E-state index in [4.69, 9.17) is 9.47 Å². The predicted octanol–water partition coefficient (Wildman–Crippen LogP) is 3.04. The minimum atomic E-state index is -3.69. The van der Waals surface area contributed by atoms with Gasteiger partial charge in [-0.25, -0.2) is 13.1 Å². The van der Waals surface area contributed by atoms with E-state index in [1.807, 2.05) is 13.0 Å². The number of sulfonamides is 1. The van der Waals surface area contributed by atoms with E-state index in [1.165, 1.54) is 38.4 Å². The fraction of sp³-hybridized carbons (Fsp3) is 0.250. The first-order valence-electron chi connectivity index (χ1n) is 8.73. The molecule has 0 spiro atoms. The molecule has 2 rings (SSSR count). The van der Waals surface area contributed by atoms with Crippen LogP contribution in [0.25, 0.3) is 6.08 Å². The Morgan fingerprint density at radius 3 is 2.57 bits per heavy atom. The molecule has 0 heterocycles. The molecule has 0 fully saturated rings. The van der Waals surface area contributed by atoms with E-state index in [2.05, 4.69) is 10.0 Å². The Balaban J connectivity index is 2.18. The van der Waals surface area contributed by atoms with Crippen LogP contribution in [-0.2, 0) is 14.8 Å². The number of hydrogen-bond donors (Lipinski definition) is 2. The smallest absolute Gasteiger partial charge is 0.248 e. The zero-order valence-electron chi connectivity index (χ0n) is 16.1. The maximum Gasteiger partial charge on any atom is 0.248 e. The van der Waals surface area contributed by atoms with Gasteiger partial charge in [-0.3, -0.25) is 4.79 Å².